The first-order chi connectivity index (χ1) is 8.13. The number of hydrogen-bond donors (Lipinski definition) is 2. The van der Waals surface area contributed by atoms with E-state index >= 15 is 0 Å². The molecule has 0 saturated carbocycles. The molecule has 1 rings (SSSR count). The maximum Gasteiger partial charge on any atom is 0.224 e. The lowest BCUT2D eigenvalue weighted by molar-refractivity contribution is -0.116. The third-order valence-corrected chi connectivity index (χ3v) is 3.21. The highest BCUT2D eigenvalue weighted by molar-refractivity contribution is 9.10. The average Bonchev–Trinajstić information content (AvgIpc) is 2.29. The Morgan fingerprint density at radius 2 is 2.12 bits per heavy atom. The standard InChI is InChI=1S/C13H19BrN2O/c1-2-3-4-5-6-13(17)16-12-9-10(15)7-8-11(12)14/h7-9H,2-6,15H2,1H3,(H,16,17). The minimum atomic E-state index is 0.0485. The van der Waals surface area contributed by atoms with Crippen LogP contribution in [0.4, 0.5) is 11.4 Å². The number of amides is 1. The van der Waals surface area contributed by atoms with Crippen LogP contribution in [0.3, 0.4) is 0 Å². The molecule has 0 aliphatic carbocycles. The molecule has 0 saturated heterocycles. The Bertz CT molecular complexity index is 380. The zero-order chi connectivity index (χ0) is 12.7. The van der Waals surface area contributed by atoms with Crippen LogP contribution in [0.15, 0.2) is 22.7 Å². The lowest BCUT2D eigenvalue weighted by atomic mass is 10.1. The molecule has 3 N–H and O–H groups in total. The van der Waals surface area contributed by atoms with E-state index in [0.29, 0.717) is 12.1 Å². The number of rotatable bonds is 6. The van der Waals surface area contributed by atoms with Crippen LogP contribution >= 0.6 is 15.9 Å². The largest absolute Gasteiger partial charge is 0.399 e. The van der Waals surface area contributed by atoms with E-state index in [1.807, 2.05) is 6.07 Å². The molecule has 4 heteroatoms. The molecule has 0 heterocycles. The smallest absolute Gasteiger partial charge is 0.224 e. The fourth-order valence-electron chi connectivity index (χ4n) is 1.56. The number of benzene rings is 1. The fourth-order valence-corrected chi connectivity index (χ4v) is 1.91. The molecule has 1 aromatic rings. The topological polar surface area (TPSA) is 55.1 Å². The van der Waals surface area contributed by atoms with Crippen LogP contribution in [0.25, 0.3) is 0 Å². The molecule has 0 bridgehead atoms. The molecular weight excluding hydrogens is 280 g/mol. The van der Waals surface area contributed by atoms with Gasteiger partial charge in [0, 0.05) is 16.6 Å². The van der Waals surface area contributed by atoms with Gasteiger partial charge in [-0.15, -0.1) is 0 Å². The van der Waals surface area contributed by atoms with E-state index in [2.05, 4.69) is 28.2 Å². The highest BCUT2D eigenvalue weighted by atomic mass is 79.9. The lowest BCUT2D eigenvalue weighted by Crippen LogP contribution is -2.11. The Morgan fingerprint density at radius 1 is 1.35 bits per heavy atom. The average molecular weight is 299 g/mol. The molecule has 0 radical (unpaired) electrons. The summed E-state index contributed by atoms with van der Waals surface area (Å²) in [7, 11) is 0. The summed E-state index contributed by atoms with van der Waals surface area (Å²) in [6, 6.07) is 5.39. The quantitative estimate of drug-likeness (QED) is 0.617. The first-order valence-electron chi connectivity index (χ1n) is 5.98. The second kappa shape index (κ2) is 7.33. The van der Waals surface area contributed by atoms with Gasteiger partial charge in [0.05, 0.1) is 5.69 Å². The van der Waals surface area contributed by atoms with Crippen LogP contribution < -0.4 is 11.1 Å². The highest BCUT2D eigenvalue weighted by Crippen LogP contribution is 2.24. The van der Waals surface area contributed by atoms with Gasteiger partial charge in [-0.2, -0.15) is 0 Å². The fraction of sp³-hybridized carbons (Fsp3) is 0.462. The van der Waals surface area contributed by atoms with E-state index in [4.69, 9.17) is 5.73 Å². The Balaban J connectivity index is 2.42. The molecule has 0 aromatic heterocycles. The first kappa shape index (κ1) is 14.0. The van der Waals surface area contributed by atoms with Crippen LogP contribution in [-0.4, -0.2) is 5.91 Å². The zero-order valence-electron chi connectivity index (χ0n) is 10.1. The molecule has 0 atom stereocenters. The molecule has 1 aromatic carbocycles. The number of nitrogen functional groups attached to an aromatic ring is 1. The van der Waals surface area contributed by atoms with Crippen molar-refractivity contribution >= 4 is 33.2 Å². The van der Waals surface area contributed by atoms with Crippen molar-refractivity contribution in [2.24, 2.45) is 0 Å². The van der Waals surface area contributed by atoms with Crippen LogP contribution in [0.1, 0.15) is 39.0 Å². The minimum Gasteiger partial charge on any atom is -0.399 e. The summed E-state index contributed by atoms with van der Waals surface area (Å²) in [5, 5.41) is 2.86. The molecular formula is C13H19BrN2O. The second-order valence-electron chi connectivity index (χ2n) is 4.10. The van der Waals surface area contributed by atoms with Gasteiger partial charge in [0.15, 0.2) is 0 Å². The maximum atomic E-state index is 11.7. The molecule has 17 heavy (non-hydrogen) atoms. The lowest BCUT2D eigenvalue weighted by Gasteiger charge is -2.08. The van der Waals surface area contributed by atoms with Crippen molar-refractivity contribution < 1.29 is 4.79 Å². The number of unbranched alkanes of at least 4 members (excludes halogenated alkanes) is 3. The Morgan fingerprint density at radius 3 is 2.82 bits per heavy atom. The van der Waals surface area contributed by atoms with Gasteiger partial charge >= 0.3 is 0 Å². The van der Waals surface area contributed by atoms with E-state index in [9.17, 15) is 4.79 Å². The van der Waals surface area contributed by atoms with Crippen LogP contribution in [-0.2, 0) is 4.79 Å². The van der Waals surface area contributed by atoms with Gasteiger partial charge in [-0.3, -0.25) is 4.79 Å². The Labute approximate surface area is 111 Å². The van der Waals surface area contributed by atoms with Gasteiger partial charge in [0.25, 0.3) is 0 Å². The third kappa shape index (κ3) is 5.22. The van der Waals surface area contributed by atoms with Crippen LogP contribution in [0.5, 0.6) is 0 Å². The van der Waals surface area contributed by atoms with Crippen molar-refractivity contribution in [1.29, 1.82) is 0 Å². The van der Waals surface area contributed by atoms with Crippen molar-refractivity contribution in [3.8, 4) is 0 Å². The molecule has 0 unspecified atom stereocenters. The zero-order valence-corrected chi connectivity index (χ0v) is 11.7. The number of anilines is 2. The third-order valence-electron chi connectivity index (χ3n) is 2.52. The van der Waals surface area contributed by atoms with Crippen LogP contribution in [0, 0.1) is 0 Å². The van der Waals surface area contributed by atoms with Gasteiger partial charge < -0.3 is 11.1 Å². The summed E-state index contributed by atoms with van der Waals surface area (Å²) in [6.07, 6.45) is 5.00. The molecule has 0 aliphatic heterocycles. The summed E-state index contributed by atoms with van der Waals surface area (Å²) in [5.74, 6) is 0.0485. The van der Waals surface area contributed by atoms with Crippen molar-refractivity contribution in [2.45, 2.75) is 39.0 Å². The maximum absolute atomic E-state index is 11.7. The van der Waals surface area contributed by atoms with E-state index < -0.39 is 0 Å². The van der Waals surface area contributed by atoms with Crippen LogP contribution in [0.2, 0.25) is 0 Å². The number of nitrogens with two attached hydrogens (primary N) is 1. The van der Waals surface area contributed by atoms with E-state index in [1.165, 1.54) is 12.8 Å². The van der Waals surface area contributed by atoms with Gasteiger partial charge in [-0.05, 0) is 40.5 Å². The summed E-state index contributed by atoms with van der Waals surface area (Å²) in [4.78, 5) is 11.7. The Hall–Kier alpha value is -1.03. The van der Waals surface area contributed by atoms with Crippen molar-refractivity contribution in [1.82, 2.24) is 0 Å². The minimum absolute atomic E-state index is 0.0485. The molecule has 0 fully saturated rings. The predicted octanol–water partition coefficient (Wildman–Crippen LogP) is 3.94. The van der Waals surface area contributed by atoms with E-state index in [1.54, 1.807) is 12.1 Å². The molecule has 1 amide bonds. The molecule has 94 valence electrons. The van der Waals surface area contributed by atoms with Gasteiger partial charge in [-0.25, -0.2) is 0 Å². The Kier molecular flexibility index (Phi) is 6.05. The van der Waals surface area contributed by atoms with Crippen molar-refractivity contribution in [3.63, 3.8) is 0 Å². The van der Waals surface area contributed by atoms with E-state index in [0.717, 1.165) is 23.0 Å². The van der Waals surface area contributed by atoms with Gasteiger partial charge in [-0.1, -0.05) is 26.2 Å². The number of nitrogens with one attached hydrogen (secondary N) is 1. The molecule has 3 nitrogen and oxygen atoms in total. The van der Waals surface area contributed by atoms with E-state index in [-0.39, 0.29) is 5.91 Å². The second-order valence-corrected chi connectivity index (χ2v) is 4.95. The number of carbonyl (C=O) groups excluding carboxylic acids is 1. The first-order valence-corrected chi connectivity index (χ1v) is 6.77. The number of halogens is 1. The summed E-state index contributed by atoms with van der Waals surface area (Å²) < 4.78 is 0.855. The van der Waals surface area contributed by atoms with Gasteiger partial charge in [0.2, 0.25) is 5.91 Å². The summed E-state index contributed by atoms with van der Waals surface area (Å²) >= 11 is 3.38. The predicted molar refractivity (Wildman–Crippen MR) is 75.9 cm³/mol. The molecule has 0 spiro atoms. The van der Waals surface area contributed by atoms with Crippen molar-refractivity contribution in [3.05, 3.63) is 22.7 Å². The SMILES string of the molecule is CCCCCCC(=O)Nc1cc(N)ccc1Br. The monoisotopic (exact) mass is 298 g/mol. The van der Waals surface area contributed by atoms with Gasteiger partial charge in [0.1, 0.15) is 0 Å². The number of hydrogen-bond acceptors (Lipinski definition) is 2. The summed E-state index contributed by atoms with van der Waals surface area (Å²) in [5.41, 5.74) is 7.06. The highest BCUT2D eigenvalue weighted by Gasteiger charge is 2.05. The number of carbonyl (C=O) groups is 1. The molecule has 0 aliphatic rings. The summed E-state index contributed by atoms with van der Waals surface area (Å²) in [6.45, 7) is 2.16. The van der Waals surface area contributed by atoms with Crippen molar-refractivity contribution in [2.75, 3.05) is 11.1 Å². The normalized spacial score (nSPS) is 10.2.